The average molecular weight is 390 g/mol. The molecule has 28 heavy (non-hydrogen) atoms. The molecule has 5 heteroatoms. The van der Waals surface area contributed by atoms with E-state index < -0.39 is 0 Å². The summed E-state index contributed by atoms with van der Waals surface area (Å²) in [5.41, 5.74) is 1.75. The largest absolute Gasteiger partial charge is 0.351 e. The van der Waals surface area contributed by atoms with Crippen molar-refractivity contribution in [3.63, 3.8) is 0 Å². The third kappa shape index (κ3) is 4.73. The van der Waals surface area contributed by atoms with E-state index in [-0.39, 0.29) is 5.91 Å². The van der Waals surface area contributed by atoms with Crippen molar-refractivity contribution in [2.75, 3.05) is 24.2 Å². The summed E-state index contributed by atoms with van der Waals surface area (Å²) in [6.07, 6.45) is 2.36. The highest BCUT2D eigenvalue weighted by molar-refractivity contribution is 8.14. The first-order valence-corrected chi connectivity index (χ1v) is 10.6. The van der Waals surface area contributed by atoms with Crippen LogP contribution in [0.15, 0.2) is 77.8 Å². The van der Waals surface area contributed by atoms with Crippen LogP contribution in [0.1, 0.15) is 12.8 Å². The van der Waals surface area contributed by atoms with Crippen molar-refractivity contribution < 1.29 is 4.79 Å². The number of rotatable bonds is 4. The number of aliphatic imine (C=N–C) groups is 1. The maximum Gasteiger partial charge on any atom is 0.234 e. The number of fused-ring (bicyclic) bond motifs is 1. The summed E-state index contributed by atoms with van der Waals surface area (Å²) in [6.45, 7) is 2.01. The Hall–Kier alpha value is -2.79. The first-order chi connectivity index (χ1) is 13.8. The van der Waals surface area contributed by atoms with Gasteiger partial charge < -0.3 is 10.2 Å². The van der Waals surface area contributed by atoms with E-state index in [0.717, 1.165) is 35.0 Å². The van der Waals surface area contributed by atoms with Crippen LogP contribution in [0.5, 0.6) is 0 Å². The third-order valence-electron chi connectivity index (χ3n) is 4.72. The van der Waals surface area contributed by atoms with E-state index in [9.17, 15) is 4.79 Å². The van der Waals surface area contributed by atoms with Crippen LogP contribution in [0.3, 0.4) is 0 Å². The van der Waals surface area contributed by atoms with Gasteiger partial charge in [0.25, 0.3) is 0 Å². The van der Waals surface area contributed by atoms with E-state index in [1.54, 1.807) is 0 Å². The zero-order valence-electron chi connectivity index (χ0n) is 15.7. The fraction of sp³-hybridized carbons (Fsp3) is 0.217. The highest BCUT2D eigenvalue weighted by Crippen LogP contribution is 2.22. The zero-order valence-corrected chi connectivity index (χ0v) is 16.5. The molecule has 0 saturated carbocycles. The lowest BCUT2D eigenvalue weighted by molar-refractivity contribution is -0.113. The predicted octanol–water partition coefficient (Wildman–Crippen LogP) is 5.30. The summed E-state index contributed by atoms with van der Waals surface area (Å²) in [5, 5.41) is 6.23. The van der Waals surface area contributed by atoms with Crippen molar-refractivity contribution >= 4 is 45.0 Å². The van der Waals surface area contributed by atoms with Crippen molar-refractivity contribution in [3.8, 4) is 0 Å². The summed E-state index contributed by atoms with van der Waals surface area (Å²) in [4.78, 5) is 19.6. The van der Waals surface area contributed by atoms with Gasteiger partial charge in [0.05, 0.1) is 11.4 Å². The third-order valence-corrected chi connectivity index (χ3v) is 5.74. The molecule has 0 radical (unpaired) electrons. The summed E-state index contributed by atoms with van der Waals surface area (Å²) in [5.74, 6) is 0.329. The molecule has 142 valence electrons. The number of thioether (sulfide) groups is 1. The lowest BCUT2D eigenvalue weighted by Gasteiger charge is -2.19. The summed E-state index contributed by atoms with van der Waals surface area (Å²) in [6, 6.07) is 24.1. The number of amides is 1. The second kappa shape index (κ2) is 8.93. The van der Waals surface area contributed by atoms with Crippen LogP contribution in [0.2, 0.25) is 0 Å². The van der Waals surface area contributed by atoms with Crippen molar-refractivity contribution in [3.05, 3.63) is 72.8 Å². The molecule has 1 N–H and O–H groups in total. The molecule has 1 heterocycles. The fourth-order valence-electron chi connectivity index (χ4n) is 3.31. The second-order valence-corrected chi connectivity index (χ2v) is 7.77. The molecule has 1 fully saturated rings. The predicted molar refractivity (Wildman–Crippen MR) is 119 cm³/mol. The summed E-state index contributed by atoms with van der Waals surface area (Å²) < 4.78 is 0. The van der Waals surface area contributed by atoms with Crippen molar-refractivity contribution in [1.82, 2.24) is 4.90 Å². The number of benzene rings is 3. The van der Waals surface area contributed by atoms with Gasteiger partial charge in [0.2, 0.25) is 5.91 Å². The molecule has 1 saturated heterocycles. The van der Waals surface area contributed by atoms with Gasteiger partial charge in [-0.15, -0.1) is 0 Å². The number of para-hydroxylation sites is 1. The SMILES string of the molecule is O=C(CSC(=Nc1ccccc1)N1CCCC1)Nc1ccc2ccccc2c1. The number of nitrogens with one attached hydrogen (secondary N) is 1. The van der Waals surface area contributed by atoms with Crippen LogP contribution in [0, 0.1) is 0 Å². The van der Waals surface area contributed by atoms with Gasteiger partial charge in [-0.25, -0.2) is 4.99 Å². The van der Waals surface area contributed by atoms with E-state index >= 15 is 0 Å². The molecule has 0 spiro atoms. The van der Waals surface area contributed by atoms with E-state index in [1.807, 2.05) is 60.7 Å². The molecule has 0 aliphatic carbocycles. The monoisotopic (exact) mass is 389 g/mol. The number of anilines is 1. The molecule has 1 amide bonds. The minimum absolute atomic E-state index is 0.0137. The Morgan fingerprint density at radius 2 is 1.64 bits per heavy atom. The topological polar surface area (TPSA) is 44.7 Å². The highest BCUT2D eigenvalue weighted by atomic mass is 32.2. The molecule has 3 aromatic rings. The quantitative estimate of drug-likeness (QED) is 0.487. The molecular formula is C23H23N3OS. The standard InChI is InChI=1S/C23H23N3OS/c27-22(24-21-13-12-18-8-4-5-9-19(18)16-21)17-28-23(26-14-6-7-15-26)25-20-10-2-1-3-11-20/h1-5,8-13,16H,6-7,14-15,17H2,(H,24,27). The van der Waals surface area contributed by atoms with E-state index in [0.29, 0.717) is 5.75 Å². The Kier molecular flexibility index (Phi) is 5.92. The first kappa shape index (κ1) is 18.6. The Bertz CT molecular complexity index is 981. The zero-order chi connectivity index (χ0) is 19.2. The molecule has 4 nitrogen and oxygen atoms in total. The van der Waals surface area contributed by atoms with Gasteiger partial charge in [-0.1, -0.05) is 60.3 Å². The Morgan fingerprint density at radius 3 is 2.43 bits per heavy atom. The maximum atomic E-state index is 12.5. The maximum absolute atomic E-state index is 12.5. The van der Waals surface area contributed by atoms with Gasteiger partial charge in [0.15, 0.2) is 5.17 Å². The first-order valence-electron chi connectivity index (χ1n) is 9.58. The smallest absolute Gasteiger partial charge is 0.234 e. The van der Waals surface area contributed by atoms with Crippen LogP contribution in [0.25, 0.3) is 10.8 Å². The minimum atomic E-state index is -0.0137. The second-order valence-electron chi connectivity index (χ2n) is 6.82. The normalized spacial score (nSPS) is 14.4. The average Bonchev–Trinajstić information content (AvgIpc) is 3.26. The van der Waals surface area contributed by atoms with Crippen LogP contribution < -0.4 is 5.32 Å². The molecule has 0 unspecified atom stereocenters. The Morgan fingerprint density at radius 1 is 0.929 bits per heavy atom. The van der Waals surface area contributed by atoms with Crippen molar-refractivity contribution in [1.29, 1.82) is 0 Å². The molecule has 1 aliphatic rings. The lowest BCUT2D eigenvalue weighted by atomic mass is 10.1. The van der Waals surface area contributed by atoms with Gasteiger partial charge in [-0.3, -0.25) is 4.79 Å². The van der Waals surface area contributed by atoms with Crippen LogP contribution in [0.4, 0.5) is 11.4 Å². The van der Waals surface area contributed by atoms with Crippen LogP contribution in [-0.4, -0.2) is 34.8 Å². The Balaban J connectivity index is 1.42. The van der Waals surface area contributed by atoms with Crippen LogP contribution >= 0.6 is 11.8 Å². The number of carbonyl (C=O) groups is 1. The number of hydrogen-bond acceptors (Lipinski definition) is 3. The molecule has 0 bridgehead atoms. The van der Waals surface area contributed by atoms with Crippen molar-refractivity contribution in [2.24, 2.45) is 4.99 Å². The van der Waals surface area contributed by atoms with Crippen LogP contribution in [-0.2, 0) is 4.79 Å². The molecule has 4 rings (SSSR count). The van der Waals surface area contributed by atoms with Gasteiger partial charge in [0, 0.05) is 18.8 Å². The number of likely N-dealkylation sites (tertiary alicyclic amines) is 1. The molecule has 0 aromatic heterocycles. The van der Waals surface area contributed by atoms with E-state index in [1.165, 1.54) is 30.0 Å². The number of hydrogen-bond donors (Lipinski definition) is 1. The summed E-state index contributed by atoms with van der Waals surface area (Å²) in [7, 11) is 0. The van der Waals surface area contributed by atoms with Gasteiger partial charge >= 0.3 is 0 Å². The van der Waals surface area contributed by atoms with E-state index in [2.05, 4.69) is 22.3 Å². The molecule has 1 aliphatic heterocycles. The highest BCUT2D eigenvalue weighted by Gasteiger charge is 2.18. The summed E-state index contributed by atoms with van der Waals surface area (Å²) >= 11 is 1.51. The van der Waals surface area contributed by atoms with E-state index in [4.69, 9.17) is 4.99 Å². The molecular weight excluding hydrogens is 366 g/mol. The number of nitrogens with zero attached hydrogens (tertiary/aromatic N) is 2. The van der Waals surface area contributed by atoms with Gasteiger partial charge in [-0.05, 0) is 47.9 Å². The fourth-order valence-corrected chi connectivity index (χ4v) is 4.18. The number of amidine groups is 1. The Labute approximate surface area is 169 Å². The molecule has 0 atom stereocenters. The van der Waals surface area contributed by atoms with Crippen molar-refractivity contribution in [2.45, 2.75) is 12.8 Å². The lowest BCUT2D eigenvalue weighted by Crippen LogP contribution is -2.27. The minimum Gasteiger partial charge on any atom is -0.351 e. The van der Waals surface area contributed by atoms with Gasteiger partial charge in [0.1, 0.15) is 0 Å². The number of carbonyl (C=O) groups excluding carboxylic acids is 1. The van der Waals surface area contributed by atoms with Gasteiger partial charge in [-0.2, -0.15) is 0 Å². The molecule has 3 aromatic carbocycles.